The first-order valence-electron chi connectivity index (χ1n) is 7.17. The van der Waals surface area contributed by atoms with E-state index in [2.05, 4.69) is 22.1 Å². The molecule has 1 atom stereocenters. The maximum Gasteiger partial charge on any atom is 0.323 e. The summed E-state index contributed by atoms with van der Waals surface area (Å²) >= 11 is 0. The van der Waals surface area contributed by atoms with E-state index in [9.17, 15) is 9.90 Å². The molecule has 1 aliphatic carbocycles. The van der Waals surface area contributed by atoms with Crippen LogP contribution >= 0.6 is 0 Å². The Balaban J connectivity index is 1.65. The quantitative estimate of drug-likeness (QED) is 0.674. The molecule has 1 aliphatic rings. The molecule has 4 rings (SSSR count). The Kier molecular flexibility index (Phi) is 2.72. The zero-order valence-electron chi connectivity index (χ0n) is 11.5. The number of hydrogen-bond acceptors (Lipinski definition) is 2. The normalized spacial score (nSPS) is 16.2. The zero-order chi connectivity index (χ0) is 14.4. The van der Waals surface area contributed by atoms with Crippen LogP contribution in [0.25, 0.3) is 11.0 Å². The van der Waals surface area contributed by atoms with Crippen molar-refractivity contribution in [2.24, 2.45) is 5.92 Å². The molecule has 4 heteroatoms. The fourth-order valence-corrected chi connectivity index (χ4v) is 3.32. The van der Waals surface area contributed by atoms with Gasteiger partial charge in [0.25, 0.3) is 0 Å². The summed E-state index contributed by atoms with van der Waals surface area (Å²) in [7, 11) is 0. The number of fused-ring (bicyclic) bond motifs is 2. The Hall–Kier alpha value is -2.33. The molecule has 2 aromatic carbocycles. The van der Waals surface area contributed by atoms with E-state index in [4.69, 9.17) is 0 Å². The van der Waals surface area contributed by atoms with Gasteiger partial charge in [-0.05, 0) is 47.6 Å². The molecule has 0 amide bonds. The van der Waals surface area contributed by atoms with Gasteiger partial charge in [0.05, 0.1) is 17.1 Å². The Labute approximate surface area is 121 Å². The van der Waals surface area contributed by atoms with Crippen molar-refractivity contribution in [1.82, 2.24) is 9.97 Å². The Morgan fingerprint density at radius 1 is 1.00 bits per heavy atom. The second-order valence-corrected chi connectivity index (χ2v) is 5.77. The van der Waals surface area contributed by atoms with Crippen molar-refractivity contribution in [2.45, 2.75) is 18.9 Å². The van der Waals surface area contributed by atoms with E-state index in [0.717, 1.165) is 29.4 Å². The summed E-state index contributed by atoms with van der Waals surface area (Å²) < 4.78 is 0. The largest absolute Gasteiger partial charge is 0.388 e. The van der Waals surface area contributed by atoms with Gasteiger partial charge in [0, 0.05) is 0 Å². The van der Waals surface area contributed by atoms with Gasteiger partial charge in [-0.1, -0.05) is 30.3 Å². The fourth-order valence-electron chi connectivity index (χ4n) is 3.32. The molecule has 0 bridgehead atoms. The van der Waals surface area contributed by atoms with Crippen molar-refractivity contribution >= 4 is 11.0 Å². The first-order valence-corrected chi connectivity index (χ1v) is 7.17. The molecule has 0 radical (unpaired) electrons. The highest BCUT2D eigenvalue weighted by Gasteiger charge is 2.28. The predicted molar refractivity (Wildman–Crippen MR) is 81.2 cm³/mol. The fraction of sp³-hybridized carbons (Fsp3) is 0.235. The van der Waals surface area contributed by atoms with Crippen LogP contribution in [0.1, 0.15) is 22.8 Å². The van der Waals surface area contributed by atoms with E-state index < -0.39 is 6.10 Å². The molecule has 21 heavy (non-hydrogen) atoms. The van der Waals surface area contributed by atoms with Gasteiger partial charge in [0.15, 0.2) is 0 Å². The predicted octanol–water partition coefficient (Wildman–Crippen LogP) is 2.30. The van der Waals surface area contributed by atoms with Crippen LogP contribution in [0.5, 0.6) is 0 Å². The number of aliphatic hydroxyl groups is 1. The van der Waals surface area contributed by atoms with E-state index in [-0.39, 0.29) is 11.6 Å². The molecule has 1 aromatic heterocycles. The van der Waals surface area contributed by atoms with E-state index in [1.54, 1.807) is 0 Å². The average molecular weight is 280 g/mol. The van der Waals surface area contributed by atoms with E-state index in [0.29, 0.717) is 0 Å². The van der Waals surface area contributed by atoms with Crippen molar-refractivity contribution in [3.63, 3.8) is 0 Å². The van der Waals surface area contributed by atoms with Crippen LogP contribution in [0.2, 0.25) is 0 Å². The van der Waals surface area contributed by atoms with Crippen LogP contribution in [0.15, 0.2) is 47.3 Å². The maximum atomic E-state index is 11.3. The number of rotatable bonds is 2. The van der Waals surface area contributed by atoms with Crippen LogP contribution in [-0.4, -0.2) is 15.1 Å². The van der Waals surface area contributed by atoms with Crippen molar-refractivity contribution in [2.75, 3.05) is 0 Å². The third-order valence-corrected chi connectivity index (χ3v) is 4.41. The number of aliphatic hydroxyl groups excluding tert-OH is 1. The lowest BCUT2D eigenvalue weighted by atomic mass is 9.93. The van der Waals surface area contributed by atoms with Gasteiger partial charge < -0.3 is 15.1 Å². The number of aromatic nitrogens is 2. The van der Waals surface area contributed by atoms with Gasteiger partial charge in [0.1, 0.15) is 0 Å². The van der Waals surface area contributed by atoms with Crippen LogP contribution in [0.3, 0.4) is 0 Å². The maximum absolute atomic E-state index is 11.3. The van der Waals surface area contributed by atoms with Crippen LogP contribution in [0, 0.1) is 5.92 Å². The zero-order valence-corrected chi connectivity index (χ0v) is 11.5. The Morgan fingerprint density at radius 2 is 1.67 bits per heavy atom. The van der Waals surface area contributed by atoms with Gasteiger partial charge in [-0.25, -0.2) is 4.79 Å². The standard InChI is InChI=1S/C17H16N2O2/c20-16(13-7-10-3-1-2-4-11(10)8-13)12-5-6-14-15(9-12)19-17(21)18-14/h1-6,9,13,16,20H,7-8H2,(H2,18,19,21). The summed E-state index contributed by atoms with van der Waals surface area (Å²) in [5.74, 6) is 0.200. The number of imidazole rings is 1. The van der Waals surface area contributed by atoms with Gasteiger partial charge in [-0.15, -0.1) is 0 Å². The third kappa shape index (κ3) is 2.08. The molecule has 0 saturated heterocycles. The van der Waals surface area contributed by atoms with Gasteiger partial charge in [-0.2, -0.15) is 0 Å². The first-order chi connectivity index (χ1) is 10.2. The average Bonchev–Trinajstić information content (AvgIpc) is 3.07. The lowest BCUT2D eigenvalue weighted by molar-refractivity contribution is 0.113. The smallest absolute Gasteiger partial charge is 0.323 e. The van der Waals surface area contributed by atoms with E-state index in [1.807, 2.05) is 30.3 Å². The second kappa shape index (κ2) is 4.60. The van der Waals surface area contributed by atoms with E-state index >= 15 is 0 Å². The summed E-state index contributed by atoms with van der Waals surface area (Å²) in [6.07, 6.45) is 1.29. The van der Waals surface area contributed by atoms with Gasteiger partial charge in [0.2, 0.25) is 0 Å². The van der Waals surface area contributed by atoms with Crippen LogP contribution in [0.4, 0.5) is 0 Å². The third-order valence-electron chi connectivity index (χ3n) is 4.41. The molecule has 3 N–H and O–H groups in total. The number of aromatic amines is 2. The topological polar surface area (TPSA) is 68.9 Å². The van der Waals surface area contributed by atoms with Crippen LogP contribution < -0.4 is 5.69 Å². The van der Waals surface area contributed by atoms with Crippen molar-refractivity contribution < 1.29 is 5.11 Å². The molecule has 1 unspecified atom stereocenters. The second-order valence-electron chi connectivity index (χ2n) is 5.77. The number of hydrogen-bond donors (Lipinski definition) is 3. The monoisotopic (exact) mass is 280 g/mol. The van der Waals surface area contributed by atoms with Crippen molar-refractivity contribution in [1.29, 1.82) is 0 Å². The summed E-state index contributed by atoms with van der Waals surface area (Å²) in [6.45, 7) is 0. The minimum absolute atomic E-state index is 0.200. The summed E-state index contributed by atoms with van der Waals surface area (Å²) in [5.41, 5.74) is 4.81. The van der Waals surface area contributed by atoms with Gasteiger partial charge in [-0.3, -0.25) is 0 Å². The first kappa shape index (κ1) is 12.4. The van der Waals surface area contributed by atoms with Crippen molar-refractivity contribution in [3.05, 3.63) is 69.6 Å². The Bertz CT molecular complexity index is 837. The highest BCUT2D eigenvalue weighted by atomic mass is 16.3. The van der Waals surface area contributed by atoms with Crippen LogP contribution in [-0.2, 0) is 12.8 Å². The molecule has 0 saturated carbocycles. The Morgan fingerprint density at radius 3 is 2.38 bits per heavy atom. The SMILES string of the molecule is O=c1[nH]c2ccc(C(O)C3Cc4ccccc4C3)cc2[nH]1. The molecular formula is C17H16N2O2. The number of nitrogens with one attached hydrogen (secondary N) is 2. The van der Waals surface area contributed by atoms with Gasteiger partial charge >= 0.3 is 5.69 Å². The number of benzene rings is 2. The summed E-state index contributed by atoms with van der Waals surface area (Å²) in [5, 5.41) is 10.7. The summed E-state index contributed by atoms with van der Waals surface area (Å²) in [6, 6.07) is 14.0. The summed E-state index contributed by atoms with van der Waals surface area (Å²) in [4.78, 5) is 16.8. The number of H-pyrrole nitrogens is 2. The van der Waals surface area contributed by atoms with E-state index in [1.165, 1.54) is 11.1 Å². The highest BCUT2D eigenvalue weighted by Crippen LogP contribution is 2.35. The minimum atomic E-state index is -0.514. The minimum Gasteiger partial charge on any atom is -0.388 e. The molecule has 4 nitrogen and oxygen atoms in total. The molecule has 0 spiro atoms. The molecule has 3 aromatic rings. The molecule has 0 aliphatic heterocycles. The molecule has 106 valence electrons. The van der Waals surface area contributed by atoms with Crippen molar-refractivity contribution in [3.8, 4) is 0 Å². The lowest BCUT2D eigenvalue weighted by Gasteiger charge is -2.18. The lowest BCUT2D eigenvalue weighted by Crippen LogP contribution is -2.12. The molecule has 1 heterocycles. The molecular weight excluding hydrogens is 264 g/mol. The highest BCUT2D eigenvalue weighted by molar-refractivity contribution is 5.75. The molecule has 0 fully saturated rings.